The van der Waals surface area contributed by atoms with Crippen LogP contribution in [-0.2, 0) is 0 Å². The van der Waals surface area contributed by atoms with Crippen LogP contribution in [0.2, 0.25) is 0 Å². The fraction of sp³-hybridized carbons (Fsp3) is 0.462. The Morgan fingerprint density at radius 2 is 2.21 bits per heavy atom. The smallest absolute Gasteiger partial charge is 0.209 e. The molecule has 2 heterocycles. The normalized spacial score (nSPS) is 23.4. The first-order valence-corrected chi connectivity index (χ1v) is 7.38. The molecule has 19 heavy (non-hydrogen) atoms. The van der Waals surface area contributed by atoms with E-state index in [2.05, 4.69) is 20.2 Å². The van der Waals surface area contributed by atoms with E-state index in [9.17, 15) is 5.11 Å². The number of aliphatic hydroxyl groups excluding tert-OH is 1. The Morgan fingerprint density at radius 1 is 1.32 bits per heavy atom. The number of aromatic nitrogens is 4. The van der Waals surface area contributed by atoms with Crippen molar-refractivity contribution in [3.8, 4) is 11.4 Å². The molecule has 2 unspecified atom stereocenters. The molecule has 2 aromatic heterocycles. The average Bonchev–Trinajstić information content (AvgIpc) is 2.91. The van der Waals surface area contributed by atoms with Crippen molar-refractivity contribution >= 4 is 11.8 Å². The molecule has 0 saturated heterocycles. The van der Waals surface area contributed by atoms with Gasteiger partial charge < -0.3 is 5.11 Å². The first kappa shape index (κ1) is 12.6. The predicted octanol–water partition coefficient (Wildman–Crippen LogP) is 2.26. The lowest BCUT2D eigenvalue weighted by molar-refractivity contribution is 0.137. The summed E-state index contributed by atoms with van der Waals surface area (Å²) in [6.07, 6.45) is 7.46. The molecule has 0 amide bonds. The number of nitrogens with one attached hydrogen (secondary N) is 1. The van der Waals surface area contributed by atoms with Gasteiger partial charge in [0.15, 0.2) is 5.82 Å². The summed E-state index contributed by atoms with van der Waals surface area (Å²) in [6.45, 7) is 0. The highest BCUT2D eigenvalue weighted by Gasteiger charge is 2.25. The lowest BCUT2D eigenvalue weighted by Gasteiger charge is -2.25. The van der Waals surface area contributed by atoms with Gasteiger partial charge in [0.25, 0.3) is 0 Å². The highest BCUT2D eigenvalue weighted by atomic mass is 32.2. The lowest BCUT2D eigenvalue weighted by Crippen LogP contribution is -2.26. The third-order valence-electron chi connectivity index (χ3n) is 3.32. The van der Waals surface area contributed by atoms with Gasteiger partial charge in [0.2, 0.25) is 5.16 Å². The van der Waals surface area contributed by atoms with E-state index in [1.807, 2.05) is 12.1 Å². The quantitative estimate of drug-likeness (QED) is 0.899. The molecule has 100 valence electrons. The second-order valence-electron chi connectivity index (χ2n) is 4.72. The third-order valence-corrected chi connectivity index (χ3v) is 4.57. The topological polar surface area (TPSA) is 74.7 Å². The van der Waals surface area contributed by atoms with Gasteiger partial charge in [-0.15, -0.1) is 5.10 Å². The summed E-state index contributed by atoms with van der Waals surface area (Å²) in [5.74, 6) is 0.723. The van der Waals surface area contributed by atoms with E-state index in [0.717, 1.165) is 30.7 Å². The molecule has 6 heteroatoms. The van der Waals surface area contributed by atoms with Crippen LogP contribution in [0.3, 0.4) is 0 Å². The largest absolute Gasteiger partial charge is 0.392 e. The highest BCUT2D eigenvalue weighted by molar-refractivity contribution is 7.99. The number of thioether (sulfide) groups is 1. The highest BCUT2D eigenvalue weighted by Crippen LogP contribution is 2.32. The van der Waals surface area contributed by atoms with Gasteiger partial charge in [-0.05, 0) is 25.0 Å². The third kappa shape index (κ3) is 2.96. The maximum absolute atomic E-state index is 9.96. The molecule has 0 aromatic carbocycles. The molecule has 1 aliphatic carbocycles. The molecule has 0 bridgehead atoms. The second-order valence-corrected chi connectivity index (χ2v) is 5.92. The van der Waals surface area contributed by atoms with Gasteiger partial charge in [-0.2, -0.15) is 0 Å². The summed E-state index contributed by atoms with van der Waals surface area (Å²) in [5.41, 5.74) is 0.922. The SMILES string of the molecule is OC1CCCCC1Sc1n[nH]c(-c2cccnc2)n1. The van der Waals surface area contributed by atoms with Gasteiger partial charge in [-0.25, -0.2) is 4.98 Å². The van der Waals surface area contributed by atoms with Crippen molar-refractivity contribution in [3.63, 3.8) is 0 Å². The molecule has 0 radical (unpaired) electrons. The maximum Gasteiger partial charge on any atom is 0.209 e. The van der Waals surface area contributed by atoms with Crippen LogP contribution >= 0.6 is 11.8 Å². The number of pyridine rings is 1. The standard InChI is InChI=1S/C13H16N4OS/c18-10-5-1-2-6-11(10)19-13-15-12(16-17-13)9-4-3-7-14-8-9/h3-4,7-8,10-11,18H,1-2,5-6H2,(H,15,16,17). The van der Waals surface area contributed by atoms with Crippen LogP contribution in [0.15, 0.2) is 29.7 Å². The number of rotatable bonds is 3. The van der Waals surface area contributed by atoms with Crippen molar-refractivity contribution in [2.24, 2.45) is 0 Å². The molecular formula is C13H16N4OS. The molecule has 2 atom stereocenters. The predicted molar refractivity (Wildman–Crippen MR) is 73.7 cm³/mol. The fourth-order valence-corrected chi connectivity index (χ4v) is 3.37. The Labute approximate surface area is 115 Å². The van der Waals surface area contributed by atoms with E-state index >= 15 is 0 Å². The number of nitrogens with zero attached hydrogens (tertiary/aromatic N) is 3. The summed E-state index contributed by atoms with van der Waals surface area (Å²) >= 11 is 1.56. The first-order valence-electron chi connectivity index (χ1n) is 6.50. The zero-order valence-electron chi connectivity index (χ0n) is 10.5. The van der Waals surface area contributed by atoms with Crippen LogP contribution in [-0.4, -0.2) is 36.6 Å². The Kier molecular flexibility index (Phi) is 3.79. The Morgan fingerprint density at radius 3 is 3.00 bits per heavy atom. The second kappa shape index (κ2) is 5.71. The van der Waals surface area contributed by atoms with Crippen LogP contribution in [0.5, 0.6) is 0 Å². The Balaban J connectivity index is 1.71. The minimum Gasteiger partial charge on any atom is -0.392 e. The van der Waals surface area contributed by atoms with Gasteiger partial charge in [0.1, 0.15) is 0 Å². The number of aliphatic hydroxyl groups is 1. The van der Waals surface area contributed by atoms with E-state index in [1.165, 1.54) is 6.42 Å². The van der Waals surface area contributed by atoms with Gasteiger partial charge in [0.05, 0.1) is 6.10 Å². The molecule has 5 nitrogen and oxygen atoms in total. The average molecular weight is 276 g/mol. The number of hydrogen-bond acceptors (Lipinski definition) is 5. The van der Waals surface area contributed by atoms with E-state index in [0.29, 0.717) is 5.16 Å². The minimum absolute atomic E-state index is 0.214. The summed E-state index contributed by atoms with van der Waals surface area (Å²) in [4.78, 5) is 8.52. The van der Waals surface area contributed by atoms with Crippen LogP contribution in [0, 0.1) is 0 Å². The van der Waals surface area contributed by atoms with Crippen molar-refractivity contribution in [2.45, 2.75) is 42.2 Å². The Hall–Kier alpha value is -1.40. The lowest BCUT2D eigenvalue weighted by atomic mass is 9.97. The van der Waals surface area contributed by atoms with Crippen molar-refractivity contribution in [3.05, 3.63) is 24.5 Å². The van der Waals surface area contributed by atoms with Crippen molar-refractivity contribution < 1.29 is 5.11 Å². The van der Waals surface area contributed by atoms with E-state index < -0.39 is 0 Å². The molecule has 1 aliphatic rings. The van der Waals surface area contributed by atoms with Gasteiger partial charge in [0, 0.05) is 23.2 Å². The number of hydrogen-bond donors (Lipinski definition) is 2. The van der Waals surface area contributed by atoms with Gasteiger partial charge >= 0.3 is 0 Å². The molecule has 2 aromatic rings. The van der Waals surface area contributed by atoms with Gasteiger partial charge in [-0.3, -0.25) is 10.1 Å². The van der Waals surface area contributed by atoms with Crippen LogP contribution in [0.4, 0.5) is 0 Å². The maximum atomic E-state index is 9.96. The molecule has 1 saturated carbocycles. The minimum atomic E-state index is -0.237. The summed E-state index contributed by atoms with van der Waals surface area (Å²) < 4.78 is 0. The molecule has 0 aliphatic heterocycles. The molecule has 2 N–H and O–H groups in total. The summed E-state index contributed by atoms with van der Waals surface area (Å²) in [5, 5.41) is 18.0. The molecule has 0 spiro atoms. The van der Waals surface area contributed by atoms with Crippen molar-refractivity contribution in [2.75, 3.05) is 0 Å². The summed E-state index contributed by atoms with van der Waals surface area (Å²) in [6, 6.07) is 3.81. The molecule has 3 rings (SSSR count). The fourth-order valence-electron chi connectivity index (χ4n) is 2.28. The van der Waals surface area contributed by atoms with E-state index in [-0.39, 0.29) is 11.4 Å². The zero-order valence-corrected chi connectivity index (χ0v) is 11.3. The van der Waals surface area contributed by atoms with Crippen LogP contribution in [0.1, 0.15) is 25.7 Å². The van der Waals surface area contributed by atoms with E-state index in [4.69, 9.17) is 0 Å². The van der Waals surface area contributed by atoms with Crippen molar-refractivity contribution in [1.82, 2.24) is 20.2 Å². The van der Waals surface area contributed by atoms with Crippen LogP contribution in [0.25, 0.3) is 11.4 Å². The van der Waals surface area contributed by atoms with Crippen molar-refractivity contribution in [1.29, 1.82) is 0 Å². The van der Waals surface area contributed by atoms with Crippen LogP contribution < -0.4 is 0 Å². The Bertz CT molecular complexity index is 530. The number of H-pyrrole nitrogens is 1. The van der Waals surface area contributed by atoms with E-state index in [1.54, 1.807) is 24.2 Å². The molecule has 1 fully saturated rings. The van der Waals surface area contributed by atoms with Gasteiger partial charge in [-0.1, -0.05) is 24.6 Å². The monoisotopic (exact) mass is 276 g/mol. The number of aromatic amines is 1. The zero-order chi connectivity index (χ0) is 13.1. The summed E-state index contributed by atoms with van der Waals surface area (Å²) in [7, 11) is 0. The first-order chi connectivity index (χ1) is 9.33. The molecular weight excluding hydrogens is 260 g/mol.